The lowest BCUT2D eigenvalue weighted by molar-refractivity contribution is 0.249. The Morgan fingerprint density at radius 1 is 1.14 bits per heavy atom. The van der Waals surface area contributed by atoms with E-state index in [1.165, 1.54) is 0 Å². The highest BCUT2D eigenvalue weighted by Gasteiger charge is 2.24. The number of hydrogen-bond donors (Lipinski definition) is 2. The van der Waals surface area contributed by atoms with Gasteiger partial charge in [-0.2, -0.15) is 5.10 Å². The van der Waals surface area contributed by atoms with Crippen molar-refractivity contribution in [2.24, 2.45) is 0 Å². The van der Waals surface area contributed by atoms with E-state index < -0.39 is 0 Å². The van der Waals surface area contributed by atoms with Crippen molar-refractivity contribution in [3.8, 4) is 22.4 Å². The molecule has 0 radical (unpaired) electrons. The summed E-state index contributed by atoms with van der Waals surface area (Å²) in [5, 5.41) is 14.6. The first-order valence-electron chi connectivity index (χ1n) is 12.1. The molecule has 1 fully saturated rings. The molecule has 36 heavy (non-hydrogen) atoms. The van der Waals surface area contributed by atoms with Crippen molar-refractivity contribution in [3.05, 3.63) is 70.4 Å². The number of aromatic nitrogens is 4. The van der Waals surface area contributed by atoms with E-state index in [2.05, 4.69) is 38.8 Å². The number of aromatic amines is 1. The zero-order chi connectivity index (χ0) is 25.2. The Hall–Kier alpha value is -4.00. The Bertz CT molecular complexity index is 1470. The highest BCUT2D eigenvalue weighted by atomic mass is 16.3. The smallest absolute Gasteiger partial charge is 0.260 e. The second-order valence-electron chi connectivity index (χ2n) is 9.34. The quantitative estimate of drug-likeness (QED) is 0.408. The lowest BCUT2D eigenvalue weighted by Gasteiger charge is -2.35. The summed E-state index contributed by atoms with van der Waals surface area (Å²) in [4.78, 5) is 29.5. The molecule has 2 aromatic heterocycles. The first-order chi connectivity index (χ1) is 17.5. The van der Waals surface area contributed by atoms with E-state index >= 15 is 0 Å². The second-order valence-corrected chi connectivity index (χ2v) is 9.34. The van der Waals surface area contributed by atoms with Gasteiger partial charge in [-0.05, 0) is 50.2 Å². The standard InChI is InChI=1S/C27H29N7O2/c1-28-21-7-4-18(5-8-21)25-24(19-6-9-23-20(16-19)17-34(31-23)14-15-35)26(36)30-27(29-25)33-12-10-22(11-13-33)32(2)3/h4-9,16-17,22,35H,10-15H2,2-3H3,(H,29,30,36). The lowest BCUT2D eigenvalue weighted by Crippen LogP contribution is -2.43. The van der Waals surface area contributed by atoms with Gasteiger partial charge in [0.1, 0.15) is 0 Å². The highest BCUT2D eigenvalue weighted by molar-refractivity contribution is 5.88. The summed E-state index contributed by atoms with van der Waals surface area (Å²) < 4.78 is 1.70. The first kappa shape index (κ1) is 23.7. The van der Waals surface area contributed by atoms with Crippen LogP contribution in [0.5, 0.6) is 0 Å². The Balaban J connectivity index is 1.60. The van der Waals surface area contributed by atoms with E-state index in [-0.39, 0.29) is 12.2 Å². The SMILES string of the molecule is [C-]#[N+]c1ccc(-c2nc(N3CCC(N(C)C)CC3)[nH]c(=O)c2-c2ccc3nn(CCO)cc3c2)cc1. The third-order valence-corrected chi connectivity index (χ3v) is 6.84. The number of benzene rings is 2. The van der Waals surface area contributed by atoms with Crippen molar-refractivity contribution in [1.29, 1.82) is 0 Å². The topological polar surface area (TPSA) is 94.6 Å². The molecule has 184 valence electrons. The molecule has 2 aromatic carbocycles. The van der Waals surface area contributed by atoms with E-state index in [0.717, 1.165) is 48.0 Å². The number of fused-ring (bicyclic) bond motifs is 1. The number of nitrogens with one attached hydrogen (secondary N) is 1. The number of anilines is 1. The number of hydrogen-bond acceptors (Lipinski definition) is 6. The molecule has 0 aliphatic carbocycles. The average Bonchev–Trinajstić information content (AvgIpc) is 3.30. The van der Waals surface area contributed by atoms with Crippen LogP contribution in [-0.4, -0.2) is 69.6 Å². The van der Waals surface area contributed by atoms with Gasteiger partial charge >= 0.3 is 0 Å². The van der Waals surface area contributed by atoms with Gasteiger partial charge < -0.3 is 14.9 Å². The molecule has 0 spiro atoms. The van der Waals surface area contributed by atoms with E-state index in [1.807, 2.05) is 36.5 Å². The third-order valence-electron chi connectivity index (χ3n) is 6.84. The summed E-state index contributed by atoms with van der Waals surface area (Å²) in [5.74, 6) is 0.571. The van der Waals surface area contributed by atoms with Gasteiger partial charge in [-0.25, -0.2) is 9.83 Å². The maximum absolute atomic E-state index is 13.6. The van der Waals surface area contributed by atoms with Crippen LogP contribution in [0.15, 0.2) is 53.5 Å². The summed E-state index contributed by atoms with van der Waals surface area (Å²) in [7, 11) is 4.20. The van der Waals surface area contributed by atoms with Crippen molar-refractivity contribution >= 4 is 22.5 Å². The van der Waals surface area contributed by atoms with Crippen LogP contribution in [0.3, 0.4) is 0 Å². The fourth-order valence-corrected chi connectivity index (χ4v) is 4.83. The predicted octanol–water partition coefficient (Wildman–Crippen LogP) is 3.53. The van der Waals surface area contributed by atoms with Crippen molar-refractivity contribution in [2.45, 2.75) is 25.4 Å². The minimum absolute atomic E-state index is 0.00242. The molecule has 5 rings (SSSR count). The molecule has 1 aliphatic heterocycles. The molecule has 9 heteroatoms. The Morgan fingerprint density at radius 3 is 2.53 bits per heavy atom. The number of piperidine rings is 1. The fourth-order valence-electron chi connectivity index (χ4n) is 4.83. The zero-order valence-corrected chi connectivity index (χ0v) is 20.5. The van der Waals surface area contributed by atoms with Gasteiger partial charge in [0.25, 0.3) is 5.56 Å². The van der Waals surface area contributed by atoms with Crippen LogP contribution in [0.25, 0.3) is 38.1 Å². The van der Waals surface area contributed by atoms with Gasteiger partial charge in [-0.15, -0.1) is 0 Å². The van der Waals surface area contributed by atoms with Gasteiger partial charge in [0.2, 0.25) is 5.95 Å². The number of aliphatic hydroxyl groups excluding tert-OH is 1. The molecule has 0 amide bonds. The predicted molar refractivity (Wildman–Crippen MR) is 141 cm³/mol. The van der Waals surface area contributed by atoms with Crippen molar-refractivity contribution in [2.75, 3.05) is 38.7 Å². The summed E-state index contributed by atoms with van der Waals surface area (Å²) in [6.45, 7) is 9.32. The van der Waals surface area contributed by atoms with Crippen molar-refractivity contribution < 1.29 is 5.11 Å². The van der Waals surface area contributed by atoms with Crippen LogP contribution >= 0.6 is 0 Å². The minimum atomic E-state index is -0.207. The maximum Gasteiger partial charge on any atom is 0.260 e. The highest BCUT2D eigenvalue weighted by Crippen LogP contribution is 2.32. The fraction of sp³-hybridized carbons (Fsp3) is 0.333. The van der Waals surface area contributed by atoms with Crippen molar-refractivity contribution in [1.82, 2.24) is 24.6 Å². The number of aliphatic hydroxyl groups is 1. The van der Waals surface area contributed by atoms with Crippen LogP contribution in [0, 0.1) is 6.57 Å². The second kappa shape index (κ2) is 9.93. The number of H-pyrrole nitrogens is 1. The molecule has 4 aromatic rings. The molecule has 2 N–H and O–H groups in total. The molecule has 9 nitrogen and oxygen atoms in total. The van der Waals surface area contributed by atoms with E-state index in [1.54, 1.807) is 16.8 Å². The molecular formula is C27H29N7O2. The Labute approximate surface area is 209 Å². The summed E-state index contributed by atoms with van der Waals surface area (Å²) >= 11 is 0. The largest absolute Gasteiger partial charge is 0.394 e. The summed E-state index contributed by atoms with van der Waals surface area (Å²) in [6, 6.07) is 13.4. The first-order valence-corrected chi connectivity index (χ1v) is 12.1. The zero-order valence-electron chi connectivity index (χ0n) is 20.5. The number of nitrogens with zero attached hydrogens (tertiary/aromatic N) is 6. The molecule has 1 saturated heterocycles. The maximum atomic E-state index is 13.6. The van der Waals surface area contributed by atoms with E-state index in [4.69, 9.17) is 11.6 Å². The monoisotopic (exact) mass is 483 g/mol. The molecular weight excluding hydrogens is 454 g/mol. The van der Waals surface area contributed by atoms with Crippen LogP contribution in [-0.2, 0) is 6.54 Å². The van der Waals surface area contributed by atoms with Gasteiger partial charge in [-0.1, -0.05) is 30.3 Å². The summed E-state index contributed by atoms with van der Waals surface area (Å²) in [6.07, 6.45) is 3.87. The normalized spacial score (nSPS) is 14.5. The van der Waals surface area contributed by atoms with E-state index in [9.17, 15) is 9.90 Å². The molecule has 0 unspecified atom stereocenters. The third kappa shape index (κ3) is 4.61. The van der Waals surface area contributed by atoms with Crippen LogP contribution in [0.1, 0.15) is 12.8 Å². The Kier molecular flexibility index (Phi) is 6.55. The Morgan fingerprint density at radius 2 is 1.86 bits per heavy atom. The van der Waals surface area contributed by atoms with Crippen LogP contribution in [0.4, 0.5) is 11.6 Å². The van der Waals surface area contributed by atoms with Gasteiger partial charge in [0, 0.05) is 30.7 Å². The average molecular weight is 484 g/mol. The molecule has 0 bridgehead atoms. The number of rotatable bonds is 6. The summed E-state index contributed by atoms with van der Waals surface area (Å²) in [5.41, 5.74) is 3.71. The van der Waals surface area contributed by atoms with Gasteiger partial charge in [0.15, 0.2) is 5.69 Å². The van der Waals surface area contributed by atoms with Crippen LogP contribution < -0.4 is 10.5 Å². The van der Waals surface area contributed by atoms with Crippen molar-refractivity contribution in [3.63, 3.8) is 0 Å². The van der Waals surface area contributed by atoms with E-state index in [0.29, 0.717) is 35.5 Å². The molecule has 0 saturated carbocycles. The molecule has 1 aliphatic rings. The lowest BCUT2D eigenvalue weighted by atomic mass is 9.99. The van der Waals surface area contributed by atoms with Gasteiger partial charge in [0.05, 0.1) is 36.5 Å². The molecule has 0 atom stereocenters. The van der Waals surface area contributed by atoms with Crippen LogP contribution in [0.2, 0.25) is 0 Å². The minimum Gasteiger partial charge on any atom is -0.394 e. The van der Waals surface area contributed by atoms with Gasteiger partial charge in [-0.3, -0.25) is 14.5 Å². The molecule has 3 heterocycles.